The molecule has 0 aliphatic heterocycles. The molecule has 0 aliphatic carbocycles. The molecular weight excluding hydrogens is 188 g/mol. The summed E-state index contributed by atoms with van der Waals surface area (Å²) in [7, 11) is 3.69. The molecule has 0 amide bonds. The van der Waals surface area contributed by atoms with Crippen LogP contribution in [0.5, 0.6) is 5.75 Å². The lowest BCUT2D eigenvalue weighted by atomic mass is 10.1. The average molecular weight is 202 g/mol. The standard InChI is InChI=1S/C12H14N2O/c1-9-13-8-12(14(9)2)10-4-6-11(15-3)7-5-10/h4-8H,1-3H3. The summed E-state index contributed by atoms with van der Waals surface area (Å²) in [6, 6.07) is 7.99. The zero-order valence-corrected chi connectivity index (χ0v) is 9.19. The molecule has 3 heteroatoms. The topological polar surface area (TPSA) is 27.1 Å². The van der Waals surface area contributed by atoms with Crippen molar-refractivity contribution in [1.29, 1.82) is 0 Å². The van der Waals surface area contributed by atoms with Gasteiger partial charge in [-0.15, -0.1) is 0 Å². The molecule has 0 bridgehead atoms. The highest BCUT2D eigenvalue weighted by atomic mass is 16.5. The summed E-state index contributed by atoms with van der Waals surface area (Å²) in [4.78, 5) is 4.27. The van der Waals surface area contributed by atoms with Crippen molar-refractivity contribution in [2.75, 3.05) is 7.11 Å². The van der Waals surface area contributed by atoms with Crippen molar-refractivity contribution in [3.63, 3.8) is 0 Å². The van der Waals surface area contributed by atoms with E-state index in [1.165, 1.54) is 0 Å². The molecule has 0 radical (unpaired) electrons. The van der Waals surface area contributed by atoms with E-state index in [-0.39, 0.29) is 0 Å². The first kappa shape index (κ1) is 9.77. The van der Waals surface area contributed by atoms with Crippen LogP contribution in [-0.4, -0.2) is 16.7 Å². The van der Waals surface area contributed by atoms with Gasteiger partial charge in [0.25, 0.3) is 0 Å². The van der Waals surface area contributed by atoms with Crippen LogP contribution in [0.4, 0.5) is 0 Å². The van der Waals surface area contributed by atoms with Gasteiger partial charge in [-0.2, -0.15) is 0 Å². The number of aromatic nitrogens is 2. The molecule has 78 valence electrons. The highest BCUT2D eigenvalue weighted by molar-refractivity contribution is 5.60. The van der Waals surface area contributed by atoms with Crippen molar-refractivity contribution < 1.29 is 4.74 Å². The van der Waals surface area contributed by atoms with Crippen molar-refractivity contribution in [3.05, 3.63) is 36.3 Å². The number of hydrogen-bond acceptors (Lipinski definition) is 2. The highest BCUT2D eigenvalue weighted by Crippen LogP contribution is 2.22. The number of ether oxygens (including phenoxy) is 1. The number of benzene rings is 1. The molecule has 0 aliphatic rings. The fourth-order valence-electron chi connectivity index (χ4n) is 1.53. The summed E-state index contributed by atoms with van der Waals surface area (Å²) >= 11 is 0. The SMILES string of the molecule is COc1ccc(-c2cnc(C)n2C)cc1. The van der Waals surface area contributed by atoms with E-state index in [1.54, 1.807) is 7.11 Å². The molecule has 0 fully saturated rings. The highest BCUT2D eigenvalue weighted by Gasteiger charge is 2.04. The van der Waals surface area contributed by atoms with Crippen LogP contribution in [0.25, 0.3) is 11.3 Å². The normalized spacial score (nSPS) is 10.3. The van der Waals surface area contributed by atoms with E-state index in [0.29, 0.717) is 0 Å². The minimum Gasteiger partial charge on any atom is -0.497 e. The van der Waals surface area contributed by atoms with Crippen molar-refractivity contribution in [1.82, 2.24) is 9.55 Å². The quantitative estimate of drug-likeness (QED) is 0.747. The van der Waals surface area contributed by atoms with E-state index < -0.39 is 0 Å². The lowest BCUT2D eigenvalue weighted by Gasteiger charge is -2.04. The van der Waals surface area contributed by atoms with Crippen LogP contribution in [0.3, 0.4) is 0 Å². The van der Waals surface area contributed by atoms with Gasteiger partial charge in [-0.25, -0.2) is 4.98 Å². The molecule has 0 unspecified atom stereocenters. The van der Waals surface area contributed by atoms with Gasteiger partial charge in [-0.1, -0.05) is 0 Å². The maximum Gasteiger partial charge on any atom is 0.118 e. The largest absolute Gasteiger partial charge is 0.497 e. The first-order chi connectivity index (χ1) is 7.22. The maximum absolute atomic E-state index is 5.12. The third-order valence-electron chi connectivity index (χ3n) is 2.61. The predicted octanol–water partition coefficient (Wildman–Crippen LogP) is 2.40. The number of imidazole rings is 1. The molecule has 1 aromatic heterocycles. The maximum atomic E-state index is 5.12. The molecule has 1 heterocycles. The third-order valence-corrected chi connectivity index (χ3v) is 2.61. The summed E-state index contributed by atoms with van der Waals surface area (Å²) in [6.07, 6.45) is 1.89. The fourth-order valence-corrected chi connectivity index (χ4v) is 1.53. The number of hydrogen-bond donors (Lipinski definition) is 0. The van der Waals surface area contributed by atoms with E-state index >= 15 is 0 Å². The fraction of sp³-hybridized carbons (Fsp3) is 0.250. The molecule has 1 aromatic carbocycles. The van der Waals surface area contributed by atoms with Gasteiger partial charge in [0.05, 0.1) is 19.0 Å². The van der Waals surface area contributed by atoms with Crippen molar-refractivity contribution in [3.8, 4) is 17.0 Å². The molecular formula is C12H14N2O. The molecule has 0 saturated heterocycles. The smallest absolute Gasteiger partial charge is 0.118 e. The van der Waals surface area contributed by atoms with Crippen LogP contribution in [0.1, 0.15) is 5.82 Å². The minimum atomic E-state index is 0.873. The Hall–Kier alpha value is -1.77. The molecule has 3 nitrogen and oxygen atoms in total. The molecule has 0 saturated carbocycles. The van der Waals surface area contributed by atoms with E-state index in [2.05, 4.69) is 9.55 Å². The van der Waals surface area contributed by atoms with Crippen LogP contribution in [0.15, 0.2) is 30.5 Å². The third kappa shape index (κ3) is 1.73. The van der Waals surface area contributed by atoms with E-state index in [1.807, 2.05) is 44.4 Å². The number of methoxy groups -OCH3 is 1. The summed E-state index contributed by atoms with van der Waals surface area (Å²) in [5.74, 6) is 1.89. The lowest BCUT2D eigenvalue weighted by Crippen LogP contribution is -1.94. The molecule has 0 spiro atoms. The van der Waals surface area contributed by atoms with Gasteiger partial charge in [0, 0.05) is 12.6 Å². The Balaban J connectivity index is 2.41. The van der Waals surface area contributed by atoms with Crippen LogP contribution < -0.4 is 4.74 Å². The van der Waals surface area contributed by atoms with Crippen LogP contribution in [0, 0.1) is 6.92 Å². The number of nitrogens with zero attached hydrogens (tertiary/aromatic N) is 2. The van der Waals surface area contributed by atoms with E-state index in [9.17, 15) is 0 Å². The Bertz CT molecular complexity index is 457. The summed E-state index contributed by atoms with van der Waals surface area (Å²) in [6.45, 7) is 1.99. The van der Waals surface area contributed by atoms with Gasteiger partial charge in [0.1, 0.15) is 11.6 Å². The first-order valence-electron chi connectivity index (χ1n) is 4.85. The van der Waals surface area contributed by atoms with E-state index in [4.69, 9.17) is 4.74 Å². The van der Waals surface area contributed by atoms with Gasteiger partial charge < -0.3 is 9.30 Å². The summed E-state index contributed by atoms with van der Waals surface area (Å²) in [5.41, 5.74) is 2.27. The van der Waals surface area contributed by atoms with Crippen LogP contribution >= 0.6 is 0 Å². The summed E-state index contributed by atoms with van der Waals surface area (Å²) < 4.78 is 7.19. The Morgan fingerprint density at radius 1 is 1.20 bits per heavy atom. The number of aryl methyl sites for hydroxylation is 1. The average Bonchev–Trinajstić information content (AvgIpc) is 2.60. The molecule has 2 rings (SSSR count). The molecule has 2 aromatic rings. The Labute approximate surface area is 89.3 Å². The van der Waals surface area contributed by atoms with E-state index in [0.717, 1.165) is 22.8 Å². The zero-order chi connectivity index (χ0) is 10.8. The Morgan fingerprint density at radius 3 is 2.33 bits per heavy atom. The van der Waals surface area contributed by atoms with Crippen molar-refractivity contribution >= 4 is 0 Å². The summed E-state index contributed by atoms with van der Waals surface area (Å²) in [5, 5.41) is 0. The Morgan fingerprint density at radius 2 is 1.87 bits per heavy atom. The van der Waals surface area contributed by atoms with Gasteiger partial charge in [-0.05, 0) is 31.2 Å². The minimum absolute atomic E-state index is 0.873. The van der Waals surface area contributed by atoms with Gasteiger partial charge in [-0.3, -0.25) is 0 Å². The zero-order valence-electron chi connectivity index (χ0n) is 9.19. The second-order valence-corrected chi connectivity index (χ2v) is 3.48. The Kier molecular flexibility index (Phi) is 2.46. The molecule has 0 N–H and O–H groups in total. The van der Waals surface area contributed by atoms with Gasteiger partial charge in [0.2, 0.25) is 0 Å². The van der Waals surface area contributed by atoms with Crippen LogP contribution in [-0.2, 0) is 7.05 Å². The van der Waals surface area contributed by atoms with Gasteiger partial charge >= 0.3 is 0 Å². The second-order valence-electron chi connectivity index (χ2n) is 3.48. The second kappa shape index (κ2) is 3.77. The van der Waals surface area contributed by atoms with Gasteiger partial charge in [0.15, 0.2) is 0 Å². The van der Waals surface area contributed by atoms with Crippen LogP contribution in [0.2, 0.25) is 0 Å². The first-order valence-corrected chi connectivity index (χ1v) is 4.85. The van der Waals surface area contributed by atoms with Crippen molar-refractivity contribution in [2.24, 2.45) is 7.05 Å². The number of rotatable bonds is 2. The predicted molar refractivity (Wildman–Crippen MR) is 59.9 cm³/mol. The molecule has 0 atom stereocenters. The molecule has 15 heavy (non-hydrogen) atoms. The lowest BCUT2D eigenvalue weighted by molar-refractivity contribution is 0.415. The van der Waals surface area contributed by atoms with Crippen molar-refractivity contribution in [2.45, 2.75) is 6.92 Å². The monoisotopic (exact) mass is 202 g/mol.